The van der Waals surface area contributed by atoms with E-state index in [4.69, 9.17) is 24.7 Å². The first-order valence-corrected chi connectivity index (χ1v) is 6.69. The molecule has 3 rings (SSSR count). The van der Waals surface area contributed by atoms with Crippen LogP contribution in [0.15, 0.2) is 11.0 Å². The first-order valence-electron chi connectivity index (χ1n) is 6.69. The predicted molar refractivity (Wildman–Crippen MR) is 72.9 cm³/mol. The summed E-state index contributed by atoms with van der Waals surface area (Å²) < 4.78 is 24.0. The van der Waals surface area contributed by atoms with Gasteiger partial charge in [0.25, 0.3) is 0 Å². The number of methoxy groups -OCH3 is 2. The van der Waals surface area contributed by atoms with Gasteiger partial charge in [-0.3, -0.25) is 4.57 Å². The number of aromatic nitrogens is 2. The van der Waals surface area contributed by atoms with Crippen LogP contribution < -0.4 is 11.4 Å². The van der Waals surface area contributed by atoms with E-state index in [1.807, 2.05) is 0 Å². The molecule has 3 heterocycles. The summed E-state index contributed by atoms with van der Waals surface area (Å²) in [6.45, 7) is 2.48. The largest absolute Gasteiger partial charge is 0.383 e. The highest BCUT2D eigenvalue weighted by molar-refractivity contribution is 5.35. The van der Waals surface area contributed by atoms with Crippen molar-refractivity contribution >= 4 is 5.82 Å². The molecule has 2 unspecified atom stereocenters. The van der Waals surface area contributed by atoms with Crippen LogP contribution in [0.3, 0.4) is 0 Å². The second kappa shape index (κ2) is 5.06. The molecule has 0 amide bonds. The van der Waals surface area contributed by atoms with Gasteiger partial charge in [-0.05, 0) is 6.92 Å². The van der Waals surface area contributed by atoms with Crippen molar-refractivity contribution in [3.8, 4) is 0 Å². The Morgan fingerprint density at radius 3 is 3.00 bits per heavy atom. The maximum atomic E-state index is 12.1. The van der Waals surface area contributed by atoms with Gasteiger partial charge in [0.2, 0.25) is 0 Å². The Balaban J connectivity index is 1.99. The smallest absolute Gasteiger partial charge is 0.351 e. The summed E-state index contributed by atoms with van der Waals surface area (Å²) >= 11 is 0. The summed E-state index contributed by atoms with van der Waals surface area (Å²) in [6, 6.07) is 0. The van der Waals surface area contributed by atoms with E-state index in [1.54, 1.807) is 27.3 Å². The zero-order chi connectivity index (χ0) is 15.2. The minimum atomic E-state index is -0.701. The Hall–Kier alpha value is -1.48. The van der Waals surface area contributed by atoms with Crippen molar-refractivity contribution < 1.29 is 18.9 Å². The first kappa shape index (κ1) is 14.5. The molecule has 1 aromatic heterocycles. The zero-order valence-electron chi connectivity index (χ0n) is 12.2. The number of anilines is 1. The predicted octanol–water partition coefficient (Wildman–Crippen LogP) is -0.538. The Kier molecular flexibility index (Phi) is 3.48. The quantitative estimate of drug-likeness (QED) is 0.797. The van der Waals surface area contributed by atoms with Crippen molar-refractivity contribution in [3.63, 3.8) is 0 Å². The highest BCUT2D eigenvalue weighted by Gasteiger charge is 2.63. The van der Waals surface area contributed by atoms with Crippen LogP contribution in [-0.4, -0.2) is 54.8 Å². The van der Waals surface area contributed by atoms with E-state index in [2.05, 4.69) is 4.98 Å². The molecular formula is C13H19N3O5. The van der Waals surface area contributed by atoms with Gasteiger partial charge < -0.3 is 24.7 Å². The Morgan fingerprint density at radius 1 is 1.57 bits per heavy atom. The van der Waals surface area contributed by atoms with E-state index in [-0.39, 0.29) is 18.0 Å². The Labute approximate surface area is 121 Å². The molecule has 0 aromatic carbocycles. The van der Waals surface area contributed by atoms with Gasteiger partial charge in [0.05, 0.1) is 13.2 Å². The molecule has 0 radical (unpaired) electrons. The van der Waals surface area contributed by atoms with Crippen LogP contribution >= 0.6 is 0 Å². The summed E-state index contributed by atoms with van der Waals surface area (Å²) in [5.74, 6) is 0.218. The molecule has 2 saturated heterocycles. The third-order valence-electron chi connectivity index (χ3n) is 4.06. The van der Waals surface area contributed by atoms with Crippen LogP contribution in [0.1, 0.15) is 11.8 Å². The summed E-state index contributed by atoms with van der Waals surface area (Å²) in [5, 5.41) is 0. The molecule has 2 fully saturated rings. The fraction of sp³-hybridized carbons (Fsp3) is 0.692. The lowest BCUT2D eigenvalue weighted by Crippen LogP contribution is -2.45. The number of nitrogens with zero attached hydrogens (tertiary/aromatic N) is 2. The summed E-state index contributed by atoms with van der Waals surface area (Å²) in [7, 11) is 3.18. The van der Waals surface area contributed by atoms with Crippen molar-refractivity contribution in [3.05, 3.63) is 22.2 Å². The van der Waals surface area contributed by atoms with Gasteiger partial charge in [0.15, 0.2) is 6.23 Å². The van der Waals surface area contributed by atoms with E-state index < -0.39 is 17.5 Å². The second-order valence-electron chi connectivity index (χ2n) is 5.44. The maximum absolute atomic E-state index is 12.1. The fourth-order valence-electron chi connectivity index (χ4n) is 3.07. The molecule has 2 bridgehead atoms. The van der Waals surface area contributed by atoms with Crippen molar-refractivity contribution in [1.82, 2.24) is 9.55 Å². The van der Waals surface area contributed by atoms with E-state index in [0.717, 1.165) is 0 Å². The van der Waals surface area contributed by atoms with Gasteiger partial charge in [-0.1, -0.05) is 0 Å². The number of ether oxygens (including phenoxy) is 4. The van der Waals surface area contributed by atoms with Crippen molar-refractivity contribution in [2.75, 3.05) is 33.2 Å². The first-order chi connectivity index (χ1) is 10.0. The number of nitrogens with two attached hydrogens (primary N) is 1. The molecule has 8 nitrogen and oxygen atoms in total. The lowest BCUT2D eigenvalue weighted by molar-refractivity contribution is -0.191. The van der Waals surface area contributed by atoms with Gasteiger partial charge in [0, 0.05) is 26.0 Å². The number of aryl methyl sites for hydroxylation is 1. The minimum Gasteiger partial charge on any atom is -0.383 e. The molecule has 1 aromatic rings. The normalized spacial score (nSPS) is 34.5. The van der Waals surface area contributed by atoms with Crippen LogP contribution in [0.5, 0.6) is 0 Å². The summed E-state index contributed by atoms with van der Waals surface area (Å²) in [4.78, 5) is 15.9. The molecular weight excluding hydrogens is 278 g/mol. The molecule has 2 N–H and O–H groups in total. The van der Waals surface area contributed by atoms with Crippen molar-refractivity contribution in [2.24, 2.45) is 0 Å². The average Bonchev–Trinajstić information content (AvgIpc) is 2.94. The molecule has 8 heteroatoms. The molecule has 116 valence electrons. The van der Waals surface area contributed by atoms with Crippen LogP contribution in [0.25, 0.3) is 0 Å². The van der Waals surface area contributed by atoms with E-state index in [9.17, 15) is 4.79 Å². The monoisotopic (exact) mass is 297 g/mol. The SMILES string of the molecule is COC[C@@]12COC(C1OC)[C@H](n1cc(C)c(N)nc1=O)O2. The van der Waals surface area contributed by atoms with Crippen LogP contribution in [-0.2, 0) is 18.9 Å². The molecule has 2 aliphatic rings. The zero-order valence-corrected chi connectivity index (χ0v) is 12.2. The Morgan fingerprint density at radius 2 is 2.33 bits per heavy atom. The second-order valence-corrected chi connectivity index (χ2v) is 5.44. The van der Waals surface area contributed by atoms with Gasteiger partial charge in [-0.2, -0.15) is 4.98 Å². The lowest BCUT2D eigenvalue weighted by Gasteiger charge is -2.30. The molecule has 0 aliphatic carbocycles. The maximum Gasteiger partial charge on any atom is 0.351 e. The number of nitrogen functional groups attached to an aromatic ring is 1. The summed E-state index contributed by atoms with van der Waals surface area (Å²) in [5.41, 5.74) is 5.18. The molecule has 21 heavy (non-hydrogen) atoms. The highest BCUT2D eigenvalue weighted by Crippen LogP contribution is 2.46. The molecule has 4 atom stereocenters. The lowest BCUT2D eigenvalue weighted by atomic mass is 10.0. The van der Waals surface area contributed by atoms with E-state index in [0.29, 0.717) is 18.8 Å². The number of hydrogen-bond donors (Lipinski definition) is 1. The average molecular weight is 297 g/mol. The van der Waals surface area contributed by atoms with E-state index in [1.165, 1.54) is 4.57 Å². The van der Waals surface area contributed by atoms with Crippen LogP contribution in [0, 0.1) is 6.92 Å². The molecule has 2 aliphatic heterocycles. The molecule has 0 spiro atoms. The number of hydrogen-bond acceptors (Lipinski definition) is 7. The van der Waals surface area contributed by atoms with Crippen molar-refractivity contribution in [2.45, 2.75) is 31.0 Å². The standard InChI is InChI=1S/C13H19N3O5/c1-7-4-16(12(17)15-10(7)14)11-8-9(19-3)13(21-11,5-18-2)6-20-8/h4,8-9,11H,5-6H2,1-3H3,(H2,14,15,17)/t8?,9?,11-,13-/m1/s1. The minimum absolute atomic E-state index is 0.218. The van der Waals surface area contributed by atoms with Crippen LogP contribution in [0.2, 0.25) is 0 Å². The highest BCUT2D eigenvalue weighted by atomic mass is 16.7. The van der Waals surface area contributed by atoms with Gasteiger partial charge in [0.1, 0.15) is 23.6 Å². The number of fused-ring (bicyclic) bond motifs is 2. The topological polar surface area (TPSA) is 97.8 Å². The third-order valence-corrected chi connectivity index (χ3v) is 4.06. The Bertz CT molecular complexity index is 604. The van der Waals surface area contributed by atoms with Crippen LogP contribution in [0.4, 0.5) is 5.82 Å². The van der Waals surface area contributed by atoms with Gasteiger partial charge >= 0.3 is 5.69 Å². The third kappa shape index (κ3) is 2.06. The van der Waals surface area contributed by atoms with Gasteiger partial charge in [-0.15, -0.1) is 0 Å². The molecule has 0 saturated carbocycles. The van der Waals surface area contributed by atoms with Crippen molar-refractivity contribution in [1.29, 1.82) is 0 Å². The van der Waals surface area contributed by atoms with Gasteiger partial charge in [-0.25, -0.2) is 4.79 Å². The summed E-state index contributed by atoms with van der Waals surface area (Å²) in [6.07, 6.45) is 0.352. The fourth-order valence-corrected chi connectivity index (χ4v) is 3.07. The number of rotatable bonds is 4. The van der Waals surface area contributed by atoms with E-state index >= 15 is 0 Å².